The second kappa shape index (κ2) is 8.98. The van der Waals surface area contributed by atoms with E-state index in [1.54, 1.807) is 30.3 Å². The van der Waals surface area contributed by atoms with Gasteiger partial charge in [0.2, 0.25) is 0 Å². The van der Waals surface area contributed by atoms with Gasteiger partial charge in [-0.05, 0) is 60.9 Å². The van der Waals surface area contributed by atoms with Crippen LogP contribution in [0.4, 0.5) is 0 Å². The first kappa shape index (κ1) is 19.3. The van der Waals surface area contributed by atoms with Gasteiger partial charge in [-0.1, -0.05) is 35.9 Å². The van der Waals surface area contributed by atoms with Crippen LogP contribution in [0.1, 0.15) is 40.4 Å². The van der Waals surface area contributed by atoms with Crippen LogP contribution in [0.3, 0.4) is 0 Å². The van der Waals surface area contributed by atoms with Gasteiger partial charge in [-0.25, -0.2) is 4.79 Å². The average Bonchev–Trinajstić information content (AvgIpc) is 3.15. The van der Waals surface area contributed by atoms with E-state index >= 15 is 0 Å². The highest BCUT2D eigenvalue weighted by Crippen LogP contribution is 2.32. The summed E-state index contributed by atoms with van der Waals surface area (Å²) in [6, 6.07) is 15.4. The summed E-state index contributed by atoms with van der Waals surface area (Å²) < 4.78 is 4.60. The molecule has 1 heterocycles. The zero-order valence-electron chi connectivity index (χ0n) is 15.2. The molecule has 1 aliphatic heterocycles. The van der Waals surface area contributed by atoms with Crippen LogP contribution in [0.5, 0.6) is 0 Å². The van der Waals surface area contributed by atoms with Crippen molar-refractivity contribution in [3.8, 4) is 0 Å². The molecule has 1 fully saturated rings. The SMILES string of the molecule is COC(=O)/C=C/c1ccc(C2CCCN2CC(=O)c2ccc(Cl)cc2)cc1. The van der Waals surface area contributed by atoms with Crippen LogP contribution in [0.2, 0.25) is 5.02 Å². The molecular formula is C22H22ClNO3. The molecule has 0 bridgehead atoms. The van der Waals surface area contributed by atoms with Crippen molar-refractivity contribution in [2.45, 2.75) is 18.9 Å². The Bertz CT molecular complexity index is 828. The van der Waals surface area contributed by atoms with Crippen molar-refractivity contribution < 1.29 is 14.3 Å². The molecule has 0 amide bonds. The van der Waals surface area contributed by atoms with Gasteiger partial charge in [0.1, 0.15) is 0 Å². The molecule has 1 atom stereocenters. The molecule has 140 valence electrons. The first-order valence-electron chi connectivity index (χ1n) is 8.95. The minimum atomic E-state index is -0.373. The number of hydrogen-bond acceptors (Lipinski definition) is 4. The third-order valence-corrected chi connectivity index (χ3v) is 5.06. The van der Waals surface area contributed by atoms with Gasteiger partial charge < -0.3 is 4.74 Å². The van der Waals surface area contributed by atoms with Gasteiger partial charge in [0.15, 0.2) is 5.78 Å². The van der Waals surface area contributed by atoms with Gasteiger partial charge in [-0.2, -0.15) is 0 Å². The number of carbonyl (C=O) groups excluding carboxylic acids is 2. The zero-order chi connectivity index (χ0) is 19.2. The van der Waals surface area contributed by atoms with Gasteiger partial charge >= 0.3 is 5.97 Å². The quantitative estimate of drug-likeness (QED) is 0.417. The van der Waals surface area contributed by atoms with Crippen molar-refractivity contribution in [2.75, 3.05) is 20.2 Å². The maximum atomic E-state index is 12.6. The summed E-state index contributed by atoms with van der Waals surface area (Å²) in [6.45, 7) is 1.31. The van der Waals surface area contributed by atoms with Crippen LogP contribution < -0.4 is 0 Å². The fourth-order valence-electron chi connectivity index (χ4n) is 3.37. The number of methoxy groups -OCH3 is 1. The molecule has 2 aromatic rings. The summed E-state index contributed by atoms with van der Waals surface area (Å²) in [5, 5.41) is 0.631. The summed E-state index contributed by atoms with van der Waals surface area (Å²) in [6.07, 6.45) is 5.24. The Hall–Kier alpha value is -2.43. The number of halogens is 1. The Kier molecular flexibility index (Phi) is 6.43. The fraction of sp³-hybridized carbons (Fsp3) is 0.273. The lowest BCUT2D eigenvalue weighted by Gasteiger charge is -2.24. The van der Waals surface area contributed by atoms with E-state index in [9.17, 15) is 9.59 Å². The second-order valence-electron chi connectivity index (χ2n) is 6.58. The van der Waals surface area contributed by atoms with Gasteiger partial charge in [0.25, 0.3) is 0 Å². The Morgan fingerprint density at radius 3 is 2.52 bits per heavy atom. The monoisotopic (exact) mass is 383 g/mol. The molecule has 4 nitrogen and oxygen atoms in total. The molecule has 2 aromatic carbocycles. The molecule has 27 heavy (non-hydrogen) atoms. The lowest BCUT2D eigenvalue weighted by atomic mass is 10.0. The minimum absolute atomic E-state index is 0.108. The van der Waals surface area contributed by atoms with Crippen molar-refractivity contribution >= 4 is 29.4 Å². The van der Waals surface area contributed by atoms with E-state index in [4.69, 9.17) is 11.6 Å². The predicted molar refractivity (Wildman–Crippen MR) is 107 cm³/mol. The minimum Gasteiger partial charge on any atom is -0.466 e. The topological polar surface area (TPSA) is 46.6 Å². The number of esters is 1. The van der Waals surface area contributed by atoms with Gasteiger partial charge in [0.05, 0.1) is 13.7 Å². The first-order chi connectivity index (χ1) is 13.1. The number of ether oxygens (including phenoxy) is 1. The number of benzene rings is 2. The van der Waals surface area contributed by atoms with Crippen LogP contribution >= 0.6 is 11.6 Å². The number of hydrogen-bond donors (Lipinski definition) is 0. The fourth-order valence-corrected chi connectivity index (χ4v) is 3.49. The molecule has 0 aromatic heterocycles. The van der Waals surface area contributed by atoms with Crippen molar-refractivity contribution in [2.24, 2.45) is 0 Å². The van der Waals surface area contributed by atoms with Crippen molar-refractivity contribution in [1.29, 1.82) is 0 Å². The zero-order valence-corrected chi connectivity index (χ0v) is 16.0. The highest BCUT2D eigenvalue weighted by molar-refractivity contribution is 6.30. The summed E-state index contributed by atoms with van der Waals surface area (Å²) in [4.78, 5) is 26.0. The van der Waals surface area contributed by atoms with Crippen molar-refractivity contribution in [3.63, 3.8) is 0 Å². The molecule has 1 unspecified atom stereocenters. The van der Waals surface area contributed by atoms with E-state index < -0.39 is 0 Å². The molecule has 0 spiro atoms. The Morgan fingerprint density at radius 2 is 1.85 bits per heavy atom. The summed E-state index contributed by atoms with van der Waals surface area (Å²) in [5.74, 6) is -0.266. The van der Waals surface area contributed by atoms with E-state index in [2.05, 4.69) is 21.8 Å². The number of carbonyl (C=O) groups is 2. The highest BCUT2D eigenvalue weighted by atomic mass is 35.5. The first-order valence-corrected chi connectivity index (χ1v) is 9.33. The summed E-state index contributed by atoms with van der Waals surface area (Å²) in [5.41, 5.74) is 2.81. The number of ketones is 1. The van der Waals surface area contributed by atoms with Gasteiger partial charge in [0, 0.05) is 22.7 Å². The van der Waals surface area contributed by atoms with Crippen LogP contribution in [-0.2, 0) is 9.53 Å². The smallest absolute Gasteiger partial charge is 0.330 e. The number of rotatable bonds is 6. The van der Waals surface area contributed by atoms with Crippen molar-refractivity contribution in [3.05, 3.63) is 76.3 Å². The number of Topliss-reactive ketones (excluding diaryl/α,β-unsaturated/α-hetero) is 1. The highest BCUT2D eigenvalue weighted by Gasteiger charge is 2.27. The Morgan fingerprint density at radius 1 is 1.15 bits per heavy atom. The number of nitrogens with zero attached hydrogens (tertiary/aromatic N) is 1. The molecule has 1 aliphatic rings. The largest absolute Gasteiger partial charge is 0.466 e. The van der Waals surface area contributed by atoms with Gasteiger partial charge in [-0.3, -0.25) is 9.69 Å². The van der Waals surface area contributed by atoms with E-state index in [1.807, 2.05) is 12.1 Å². The maximum absolute atomic E-state index is 12.6. The van der Waals surface area contributed by atoms with Crippen molar-refractivity contribution in [1.82, 2.24) is 4.90 Å². The molecular weight excluding hydrogens is 362 g/mol. The summed E-state index contributed by atoms with van der Waals surface area (Å²) >= 11 is 5.90. The van der Waals surface area contributed by atoms with Gasteiger partial charge in [-0.15, -0.1) is 0 Å². The molecule has 0 saturated carbocycles. The average molecular weight is 384 g/mol. The van der Waals surface area contributed by atoms with Crippen LogP contribution in [-0.4, -0.2) is 36.9 Å². The van der Waals surface area contributed by atoms with E-state index in [-0.39, 0.29) is 17.8 Å². The standard InChI is InChI=1S/C22H22ClNO3/c1-27-22(26)13-6-16-4-7-17(8-5-16)20-3-2-14-24(20)15-21(25)18-9-11-19(23)12-10-18/h4-13,20H,2-3,14-15H2,1H3/b13-6+. The van der Waals surface area contributed by atoms with E-state index in [0.29, 0.717) is 17.1 Å². The molecule has 5 heteroatoms. The normalized spacial score (nSPS) is 17.3. The number of likely N-dealkylation sites (tertiary alicyclic amines) is 1. The second-order valence-corrected chi connectivity index (χ2v) is 7.02. The lowest BCUT2D eigenvalue weighted by molar-refractivity contribution is -0.134. The maximum Gasteiger partial charge on any atom is 0.330 e. The lowest BCUT2D eigenvalue weighted by Crippen LogP contribution is -2.29. The molecule has 0 radical (unpaired) electrons. The molecule has 3 rings (SSSR count). The van der Waals surface area contributed by atoms with E-state index in [1.165, 1.54) is 18.7 Å². The Labute approximate surface area is 164 Å². The van der Waals surface area contributed by atoms with Crippen LogP contribution in [0, 0.1) is 0 Å². The molecule has 0 aliphatic carbocycles. The molecule has 1 saturated heterocycles. The van der Waals surface area contributed by atoms with E-state index in [0.717, 1.165) is 24.9 Å². The molecule has 0 N–H and O–H groups in total. The Balaban J connectivity index is 1.67. The third kappa shape index (κ3) is 5.06. The third-order valence-electron chi connectivity index (χ3n) is 4.81. The van der Waals surface area contributed by atoms with Crippen LogP contribution in [0.15, 0.2) is 54.6 Å². The predicted octanol–water partition coefficient (Wildman–Crippen LogP) is 4.55. The summed E-state index contributed by atoms with van der Waals surface area (Å²) in [7, 11) is 1.36. The van der Waals surface area contributed by atoms with Crippen LogP contribution in [0.25, 0.3) is 6.08 Å².